The maximum absolute atomic E-state index is 13.5. The summed E-state index contributed by atoms with van der Waals surface area (Å²) in [4.78, 5) is -0.0346. The van der Waals surface area contributed by atoms with Crippen molar-refractivity contribution < 1.29 is 17.5 Å². The van der Waals surface area contributed by atoms with Gasteiger partial charge in [-0.2, -0.15) is 0 Å². The van der Waals surface area contributed by atoms with Crippen LogP contribution in [0.3, 0.4) is 0 Å². The van der Waals surface area contributed by atoms with Crippen LogP contribution in [-0.4, -0.2) is 31.5 Å². The number of hydrogen-bond donors (Lipinski definition) is 1. The quantitative estimate of drug-likeness (QED) is 0.799. The predicted molar refractivity (Wildman–Crippen MR) is 72.1 cm³/mol. The summed E-state index contributed by atoms with van der Waals surface area (Å²) in [6.07, 6.45) is 0. The van der Waals surface area contributed by atoms with Crippen LogP contribution >= 0.6 is 12.2 Å². The molecule has 0 aromatic heterocycles. The van der Waals surface area contributed by atoms with Crippen LogP contribution in [0.5, 0.6) is 5.75 Å². The summed E-state index contributed by atoms with van der Waals surface area (Å²) in [6.45, 7) is 1.55. The van der Waals surface area contributed by atoms with E-state index < -0.39 is 15.7 Å². The third-order valence-corrected chi connectivity index (χ3v) is 4.20. The molecule has 18 heavy (non-hydrogen) atoms. The van der Waals surface area contributed by atoms with Crippen molar-refractivity contribution in [3.05, 3.63) is 29.6 Å². The van der Waals surface area contributed by atoms with Crippen molar-refractivity contribution in [2.75, 3.05) is 18.1 Å². The number of benzene rings is 1. The van der Waals surface area contributed by atoms with Gasteiger partial charge in [-0.25, -0.2) is 12.8 Å². The fourth-order valence-corrected chi connectivity index (χ4v) is 2.01. The first-order chi connectivity index (χ1) is 8.35. The van der Waals surface area contributed by atoms with E-state index in [1.54, 1.807) is 6.92 Å². The number of nitrogens with two attached hydrogens (primary N) is 1. The fraction of sp³-hybridized carbons (Fsp3) is 0.364. The Morgan fingerprint density at radius 3 is 2.67 bits per heavy atom. The first kappa shape index (κ1) is 14.8. The Balaban J connectivity index is 2.65. The monoisotopic (exact) mass is 291 g/mol. The average Bonchev–Trinajstić information content (AvgIpc) is 2.28. The highest BCUT2D eigenvalue weighted by Crippen LogP contribution is 2.16. The molecule has 0 bridgehead atoms. The molecule has 1 rings (SSSR count). The molecule has 0 aliphatic rings. The molecule has 0 amide bonds. The highest BCUT2D eigenvalue weighted by atomic mass is 32.2. The predicted octanol–water partition coefficient (Wildman–Crippen LogP) is 1.27. The fourth-order valence-electron chi connectivity index (χ4n) is 1.22. The Morgan fingerprint density at radius 1 is 1.50 bits per heavy atom. The van der Waals surface area contributed by atoms with Gasteiger partial charge in [0, 0.05) is 17.4 Å². The van der Waals surface area contributed by atoms with Gasteiger partial charge in [0.1, 0.15) is 23.2 Å². The van der Waals surface area contributed by atoms with Crippen LogP contribution in [0.2, 0.25) is 0 Å². The van der Waals surface area contributed by atoms with Crippen molar-refractivity contribution in [1.29, 1.82) is 0 Å². The topological polar surface area (TPSA) is 69.4 Å². The van der Waals surface area contributed by atoms with E-state index in [1.165, 1.54) is 12.1 Å². The molecule has 0 unspecified atom stereocenters. The molecule has 7 heteroatoms. The molecule has 0 radical (unpaired) electrons. The van der Waals surface area contributed by atoms with E-state index in [0.29, 0.717) is 0 Å². The summed E-state index contributed by atoms with van der Waals surface area (Å²) < 4.78 is 41.0. The van der Waals surface area contributed by atoms with Crippen LogP contribution in [0, 0.1) is 5.82 Å². The van der Waals surface area contributed by atoms with Gasteiger partial charge in [-0.1, -0.05) is 19.1 Å². The Kier molecular flexibility index (Phi) is 5.03. The highest BCUT2D eigenvalue weighted by Gasteiger charge is 2.09. The summed E-state index contributed by atoms with van der Waals surface area (Å²) in [5.74, 6) is -0.370. The third kappa shape index (κ3) is 4.23. The molecular formula is C11H14FNO3S2. The molecule has 0 spiro atoms. The number of thiocarbonyl (C=S) groups is 1. The molecule has 2 N–H and O–H groups in total. The van der Waals surface area contributed by atoms with E-state index in [9.17, 15) is 12.8 Å². The SMILES string of the molecule is CCS(=O)(=O)CCOc1ccc(C(N)=S)c(F)c1. The van der Waals surface area contributed by atoms with Gasteiger partial charge in [0.25, 0.3) is 0 Å². The number of hydrogen-bond acceptors (Lipinski definition) is 4. The van der Waals surface area contributed by atoms with E-state index >= 15 is 0 Å². The van der Waals surface area contributed by atoms with E-state index in [0.717, 1.165) is 6.07 Å². The minimum absolute atomic E-state index is 0.0119. The zero-order chi connectivity index (χ0) is 13.8. The lowest BCUT2D eigenvalue weighted by atomic mass is 10.2. The van der Waals surface area contributed by atoms with E-state index in [-0.39, 0.29) is 34.4 Å². The Bertz CT molecular complexity index is 543. The van der Waals surface area contributed by atoms with Gasteiger partial charge < -0.3 is 10.5 Å². The van der Waals surface area contributed by atoms with Crippen LogP contribution < -0.4 is 10.5 Å². The van der Waals surface area contributed by atoms with E-state index in [1.807, 2.05) is 0 Å². The Morgan fingerprint density at radius 2 is 2.17 bits per heavy atom. The lowest BCUT2D eigenvalue weighted by Gasteiger charge is -2.07. The number of ether oxygens (including phenoxy) is 1. The second-order valence-electron chi connectivity index (χ2n) is 3.59. The molecule has 4 nitrogen and oxygen atoms in total. The molecule has 0 saturated carbocycles. The summed E-state index contributed by atoms with van der Waals surface area (Å²) in [7, 11) is -3.08. The molecule has 0 fully saturated rings. The lowest BCUT2D eigenvalue weighted by Crippen LogP contribution is -2.16. The first-order valence-electron chi connectivity index (χ1n) is 5.28. The minimum Gasteiger partial charge on any atom is -0.492 e. The number of halogens is 1. The summed E-state index contributed by atoms with van der Waals surface area (Å²) >= 11 is 4.66. The summed E-state index contributed by atoms with van der Waals surface area (Å²) in [6, 6.07) is 4.03. The molecule has 0 atom stereocenters. The van der Waals surface area contributed by atoms with Crippen LogP contribution in [0.1, 0.15) is 12.5 Å². The molecule has 1 aromatic rings. The van der Waals surface area contributed by atoms with Crippen molar-refractivity contribution in [3.63, 3.8) is 0 Å². The summed E-state index contributed by atoms with van der Waals surface area (Å²) in [5, 5.41) is 0. The van der Waals surface area contributed by atoms with Gasteiger partial charge in [-0.15, -0.1) is 0 Å². The van der Waals surface area contributed by atoms with Crippen molar-refractivity contribution in [1.82, 2.24) is 0 Å². The Hall–Kier alpha value is -1.21. The van der Waals surface area contributed by atoms with Gasteiger partial charge in [0.15, 0.2) is 9.84 Å². The van der Waals surface area contributed by atoms with Gasteiger partial charge in [-0.05, 0) is 12.1 Å². The Labute approximate surface area is 111 Å². The van der Waals surface area contributed by atoms with Gasteiger partial charge in [0.05, 0.1) is 5.75 Å². The van der Waals surface area contributed by atoms with Crippen LogP contribution in [0.4, 0.5) is 4.39 Å². The van der Waals surface area contributed by atoms with E-state index in [2.05, 4.69) is 12.2 Å². The van der Waals surface area contributed by atoms with E-state index in [4.69, 9.17) is 10.5 Å². The molecule has 0 aliphatic carbocycles. The maximum atomic E-state index is 13.5. The standard InChI is InChI=1S/C11H14FNO3S2/c1-2-18(14,15)6-5-16-8-3-4-9(11(13)17)10(12)7-8/h3-4,7H,2,5-6H2,1H3,(H2,13,17). The molecule has 1 aromatic carbocycles. The van der Waals surface area contributed by atoms with Crippen LogP contribution in [0.15, 0.2) is 18.2 Å². The second kappa shape index (κ2) is 6.10. The molecule has 100 valence electrons. The van der Waals surface area contributed by atoms with Gasteiger partial charge in [0.2, 0.25) is 0 Å². The lowest BCUT2D eigenvalue weighted by molar-refractivity contribution is 0.339. The van der Waals surface area contributed by atoms with Crippen molar-refractivity contribution >= 4 is 27.0 Å². The van der Waals surface area contributed by atoms with Crippen LogP contribution in [0.25, 0.3) is 0 Å². The second-order valence-corrected chi connectivity index (χ2v) is 6.50. The van der Waals surface area contributed by atoms with Crippen molar-refractivity contribution in [3.8, 4) is 5.75 Å². The largest absolute Gasteiger partial charge is 0.492 e. The first-order valence-corrected chi connectivity index (χ1v) is 7.51. The zero-order valence-corrected chi connectivity index (χ0v) is 11.5. The molecule has 0 saturated heterocycles. The van der Waals surface area contributed by atoms with Crippen LogP contribution in [-0.2, 0) is 9.84 Å². The number of rotatable bonds is 6. The average molecular weight is 291 g/mol. The minimum atomic E-state index is -3.08. The summed E-state index contributed by atoms with van der Waals surface area (Å²) in [5.41, 5.74) is 5.45. The van der Waals surface area contributed by atoms with Crippen molar-refractivity contribution in [2.24, 2.45) is 5.73 Å². The van der Waals surface area contributed by atoms with Gasteiger partial charge in [-0.3, -0.25) is 0 Å². The van der Waals surface area contributed by atoms with Crippen molar-refractivity contribution in [2.45, 2.75) is 6.92 Å². The molecule has 0 aliphatic heterocycles. The smallest absolute Gasteiger partial charge is 0.153 e. The highest BCUT2D eigenvalue weighted by molar-refractivity contribution is 7.91. The molecular weight excluding hydrogens is 277 g/mol. The molecule has 0 heterocycles. The number of sulfone groups is 1. The third-order valence-electron chi connectivity index (χ3n) is 2.31. The maximum Gasteiger partial charge on any atom is 0.153 e. The zero-order valence-electron chi connectivity index (χ0n) is 9.85. The normalized spacial score (nSPS) is 11.2. The van der Waals surface area contributed by atoms with Gasteiger partial charge >= 0.3 is 0 Å².